The highest BCUT2D eigenvalue weighted by molar-refractivity contribution is 7.12. The number of carboxylic acid groups (broad SMARTS) is 1. The van der Waals surface area contributed by atoms with Gasteiger partial charge in [0.25, 0.3) is 5.91 Å². The molecule has 126 valence electrons. The van der Waals surface area contributed by atoms with Crippen molar-refractivity contribution < 1.29 is 32.7 Å². The van der Waals surface area contributed by atoms with Crippen molar-refractivity contribution >= 4 is 29.1 Å². The Morgan fingerprint density at radius 3 is 2.57 bits per heavy atom. The average Bonchev–Trinajstić information content (AvgIpc) is 3.12. The van der Waals surface area contributed by atoms with Crippen LogP contribution in [0.4, 0.5) is 13.2 Å². The van der Waals surface area contributed by atoms with Gasteiger partial charge in [0.1, 0.15) is 0 Å². The summed E-state index contributed by atoms with van der Waals surface area (Å²) in [5.74, 6) is -3.25. The minimum atomic E-state index is -4.95. The van der Waals surface area contributed by atoms with Gasteiger partial charge in [0, 0.05) is 13.1 Å². The first-order valence-electron chi connectivity index (χ1n) is 6.57. The summed E-state index contributed by atoms with van der Waals surface area (Å²) in [5.41, 5.74) is -2.94. The number of carbonyl (C=O) groups is 3. The molecule has 0 radical (unpaired) electrons. The molecule has 1 aliphatic heterocycles. The summed E-state index contributed by atoms with van der Waals surface area (Å²) in [6.07, 6.45) is -5.65. The Kier molecular flexibility index (Phi) is 4.64. The highest BCUT2D eigenvalue weighted by Gasteiger charge is 2.64. The number of hydrogen-bond donors (Lipinski definition) is 2. The van der Waals surface area contributed by atoms with Gasteiger partial charge in [-0.15, -0.1) is 11.3 Å². The number of amides is 2. The first kappa shape index (κ1) is 17.3. The Labute approximate surface area is 132 Å². The quantitative estimate of drug-likeness (QED) is 0.858. The van der Waals surface area contributed by atoms with Crippen LogP contribution in [0.2, 0.25) is 0 Å². The molecule has 23 heavy (non-hydrogen) atoms. The third kappa shape index (κ3) is 3.31. The van der Waals surface area contributed by atoms with Crippen LogP contribution in [0.1, 0.15) is 16.1 Å². The van der Waals surface area contributed by atoms with Crippen molar-refractivity contribution in [1.82, 2.24) is 10.2 Å². The number of alkyl halides is 3. The normalized spacial score (nSPS) is 21.3. The van der Waals surface area contributed by atoms with Crippen LogP contribution >= 0.6 is 11.3 Å². The van der Waals surface area contributed by atoms with Crippen molar-refractivity contribution in [2.75, 3.05) is 19.6 Å². The molecular formula is C13H13F3N2O4S. The zero-order valence-corrected chi connectivity index (χ0v) is 12.5. The minimum Gasteiger partial charge on any atom is -0.481 e. The van der Waals surface area contributed by atoms with E-state index in [-0.39, 0.29) is 6.54 Å². The molecule has 2 N–H and O–H groups in total. The molecular weight excluding hydrogens is 337 g/mol. The maximum atomic E-state index is 13.0. The average molecular weight is 350 g/mol. The molecule has 1 fully saturated rings. The fourth-order valence-corrected chi connectivity index (χ4v) is 2.95. The smallest absolute Gasteiger partial charge is 0.406 e. The largest absolute Gasteiger partial charge is 0.481 e. The Bertz CT molecular complexity index is 617. The number of nitrogens with one attached hydrogen (secondary N) is 1. The lowest BCUT2D eigenvalue weighted by Crippen LogP contribution is -2.48. The second kappa shape index (κ2) is 6.19. The molecule has 2 amide bonds. The predicted octanol–water partition coefficient (Wildman–Crippen LogP) is 1.34. The van der Waals surface area contributed by atoms with Crippen molar-refractivity contribution in [3.8, 4) is 0 Å². The summed E-state index contributed by atoms with van der Waals surface area (Å²) in [5, 5.41) is 12.9. The van der Waals surface area contributed by atoms with Gasteiger partial charge in [0.15, 0.2) is 5.41 Å². The van der Waals surface area contributed by atoms with Gasteiger partial charge in [-0.25, -0.2) is 0 Å². The van der Waals surface area contributed by atoms with E-state index in [0.29, 0.717) is 4.88 Å². The van der Waals surface area contributed by atoms with Crippen molar-refractivity contribution in [3.63, 3.8) is 0 Å². The Morgan fingerprint density at radius 2 is 2.09 bits per heavy atom. The third-order valence-corrected chi connectivity index (χ3v) is 4.59. The van der Waals surface area contributed by atoms with Crippen LogP contribution in [0.25, 0.3) is 0 Å². The van der Waals surface area contributed by atoms with E-state index in [0.717, 1.165) is 16.2 Å². The van der Waals surface area contributed by atoms with E-state index < -0.39 is 48.9 Å². The number of likely N-dealkylation sites (tertiary alicyclic amines) is 1. The van der Waals surface area contributed by atoms with Gasteiger partial charge in [0.2, 0.25) is 5.91 Å². The van der Waals surface area contributed by atoms with Gasteiger partial charge >= 0.3 is 12.1 Å². The van der Waals surface area contributed by atoms with Crippen molar-refractivity contribution in [1.29, 1.82) is 0 Å². The van der Waals surface area contributed by atoms with E-state index in [1.165, 1.54) is 0 Å². The summed E-state index contributed by atoms with van der Waals surface area (Å²) >= 11 is 1.16. The van der Waals surface area contributed by atoms with Crippen LogP contribution in [0.3, 0.4) is 0 Å². The molecule has 2 heterocycles. The molecule has 1 aromatic heterocycles. The summed E-state index contributed by atoms with van der Waals surface area (Å²) in [6.45, 7) is -1.75. The summed E-state index contributed by atoms with van der Waals surface area (Å²) < 4.78 is 39.0. The van der Waals surface area contributed by atoms with Gasteiger partial charge in [-0.05, 0) is 17.9 Å². The molecule has 10 heteroatoms. The summed E-state index contributed by atoms with van der Waals surface area (Å²) in [7, 11) is 0. The zero-order chi connectivity index (χ0) is 17.3. The number of carbonyl (C=O) groups excluding carboxylic acids is 2. The van der Waals surface area contributed by atoms with Crippen LogP contribution in [0.15, 0.2) is 17.5 Å². The fourth-order valence-electron chi connectivity index (χ4n) is 2.31. The van der Waals surface area contributed by atoms with E-state index in [2.05, 4.69) is 5.32 Å². The van der Waals surface area contributed by atoms with Crippen LogP contribution in [0, 0.1) is 5.41 Å². The van der Waals surface area contributed by atoms with E-state index in [4.69, 9.17) is 5.11 Å². The number of nitrogens with zero attached hydrogens (tertiary/aromatic N) is 1. The highest BCUT2D eigenvalue weighted by Crippen LogP contribution is 2.45. The van der Waals surface area contributed by atoms with E-state index in [1.807, 2.05) is 0 Å². The lowest BCUT2D eigenvalue weighted by molar-refractivity contribution is -0.227. The first-order chi connectivity index (χ1) is 10.7. The van der Waals surface area contributed by atoms with Gasteiger partial charge < -0.3 is 15.3 Å². The van der Waals surface area contributed by atoms with Gasteiger partial charge in [-0.2, -0.15) is 13.2 Å². The number of thiophene rings is 1. The lowest BCUT2D eigenvalue weighted by atomic mass is 9.86. The molecule has 0 bridgehead atoms. The first-order valence-corrected chi connectivity index (χ1v) is 7.45. The van der Waals surface area contributed by atoms with Crippen molar-refractivity contribution in [2.45, 2.75) is 12.6 Å². The summed E-state index contributed by atoms with van der Waals surface area (Å²) in [6, 6.07) is 3.19. The number of halogens is 3. The standard InChI is InChI=1S/C13H13F3N2O4S/c14-13(15,16)12(11(21)22)3-4-18(7-12)9(19)6-17-10(20)8-2-1-5-23-8/h1-2,5H,3-4,6-7H2,(H,17,20)(H,21,22). The fraction of sp³-hybridized carbons (Fsp3) is 0.462. The van der Waals surface area contributed by atoms with E-state index in [1.54, 1.807) is 17.5 Å². The summed E-state index contributed by atoms with van der Waals surface area (Å²) in [4.78, 5) is 35.8. The number of rotatable bonds is 4. The number of hydrogen-bond acceptors (Lipinski definition) is 4. The number of carboxylic acids is 1. The van der Waals surface area contributed by atoms with E-state index in [9.17, 15) is 27.6 Å². The van der Waals surface area contributed by atoms with Gasteiger partial charge in [-0.3, -0.25) is 14.4 Å². The highest BCUT2D eigenvalue weighted by atomic mass is 32.1. The van der Waals surface area contributed by atoms with Crippen LogP contribution in [-0.4, -0.2) is 53.6 Å². The molecule has 1 saturated heterocycles. The SMILES string of the molecule is O=C(NCC(=O)N1CCC(C(=O)O)(C(F)(F)F)C1)c1cccs1. The van der Waals surface area contributed by atoms with Crippen LogP contribution in [0.5, 0.6) is 0 Å². The van der Waals surface area contributed by atoms with Crippen LogP contribution in [-0.2, 0) is 9.59 Å². The van der Waals surface area contributed by atoms with Crippen molar-refractivity contribution in [3.05, 3.63) is 22.4 Å². The number of aliphatic carboxylic acids is 1. The predicted molar refractivity (Wildman–Crippen MR) is 74.0 cm³/mol. The molecule has 0 spiro atoms. The Morgan fingerprint density at radius 1 is 1.39 bits per heavy atom. The Hall–Kier alpha value is -2.10. The van der Waals surface area contributed by atoms with Gasteiger partial charge in [0.05, 0.1) is 11.4 Å². The molecule has 0 saturated carbocycles. The molecule has 1 aliphatic rings. The molecule has 0 aromatic carbocycles. The molecule has 1 unspecified atom stereocenters. The topological polar surface area (TPSA) is 86.7 Å². The molecule has 6 nitrogen and oxygen atoms in total. The second-order valence-corrected chi connectivity index (χ2v) is 6.06. The third-order valence-electron chi connectivity index (χ3n) is 3.72. The lowest BCUT2D eigenvalue weighted by Gasteiger charge is -2.27. The molecule has 2 rings (SSSR count). The molecule has 0 aliphatic carbocycles. The zero-order valence-electron chi connectivity index (χ0n) is 11.7. The Balaban J connectivity index is 1.97. The monoisotopic (exact) mass is 350 g/mol. The molecule has 1 atom stereocenters. The maximum Gasteiger partial charge on any atom is 0.406 e. The maximum absolute atomic E-state index is 13.0. The van der Waals surface area contributed by atoms with Crippen molar-refractivity contribution in [2.24, 2.45) is 5.41 Å². The molecule has 1 aromatic rings. The van der Waals surface area contributed by atoms with E-state index >= 15 is 0 Å². The minimum absolute atomic E-state index is 0.320. The van der Waals surface area contributed by atoms with Crippen LogP contribution < -0.4 is 5.32 Å². The second-order valence-electron chi connectivity index (χ2n) is 5.11. The van der Waals surface area contributed by atoms with Gasteiger partial charge in [-0.1, -0.05) is 6.07 Å².